The molecule has 18 heavy (non-hydrogen) atoms. The number of carboxylic acid groups (broad SMARTS) is 1. The number of hydrogen-bond donors (Lipinski definition) is 2. The second kappa shape index (κ2) is 5.82. The first kappa shape index (κ1) is 15.1. The number of aliphatic carboxylic acids is 1. The van der Waals surface area contributed by atoms with Crippen LogP contribution >= 0.6 is 11.8 Å². The average molecular weight is 274 g/mol. The van der Waals surface area contributed by atoms with Crippen LogP contribution in [0, 0.1) is 5.41 Å². The first-order valence-electron chi connectivity index (χ1n) is 6.14. The van der Waals surface area contributed by atoms with Gasteiger partial charge in [0.05, 0.1) is 5.41 Å². The normalized spacial score (nSPS) is 24.8. The molecule has 2 atom stereocenters. The first-order chi connectivity index (χ1) is 8.22. The van der Waals surface area contributed by atoms with Crippen molar-refractivity contribution >= 4 is 23.8 Å². The number of rotatable bonds is 3. The van der Waals surface area contributed by atoms with E-state index in [0.717, 1.165) is 0 Å². The van der Waals surface area contributed by atoms with E-state index < -0.39 is 11.4 Å². The van der Waals surface area contributed by atoms with Gasteiger partial charge in [0.1, 0.15) is 0 Å². The van der Waals surface area contributed by atoms with Crippen molar-refractivity contribution in [3.8, 4) is 0 Å². The van der Waals surface area contributed by atoms with Crippen molar-refractivity contribution in [1.82, 2.24) is 10.2 Å². The number of urea groups is 1. The fraction of sp³-hybridized carbons (Fsp3) is 0.833. The lowest BCUT2D eigenvalue weighted by Crippen LogP contribution is -2.50. The maximum Gasteiger partial charge on any atom is 0.317 e. The Balaban J connectivity index is 2.48. The number of nitrogens with zero attached hydrogens (tertiary/aromatic N) is 1. The zero-order valence-electron chi connectivity index (χ0n) is 11.4. The molecule has 2 unspecified atom stereocenters. The monoisotopic (exact) mass is 274 g/mol. The van der Waals surface area contributed by atoms with Gasteiger partial charge in [-0.05, 0) is 13.8 Å². The van der Waals surface area contributed by atoms with Crippen molar-refractivity contribution in [2.75, 3.05) is 19.6 Å². The fourth-order valence-electron chi connectivity index (χ4n) is 1.83. The molecule has 2 amide bonds. The Morgan fingerprint density at radius 1 is 1.33 bits per heavy atom. The minimum Gasteiger partial charge on any atom is -0.481 e. The third kappa shape index (κ3) is 4.08. The van der Waals surface area contributed by atoms with E-state index >= 15 is 0 Å². The van der Waals surface area contributed by atoms with Gasteiger partial charge in [-0.1, -0.05) is 13.8 Å². The number of hydrogen-bond acceptors (Lipinski definition) is 3. The quantitative estimate of drug-likeness (QED) is 0.820. The van der Waals surface area contributed by atoms with Gasteiger partial charge in [-0.3, -0.25) is 4.79 Å². The molecule has 1 aliphatic heterocycles. The van der Waals surface area contributed by atoms with Crippen LogP contribution in [0.4, 0.5) is 4.79 Å². The first-order valence-corrected chi connectivity index (χ1v) is 7.08. The third-order valence-corrected chi connectivity index (χ3v) is 4.19. The predicted octanol–water partition coefficient (Wildman–Crippen LogP) is 1.63. The summed E-state index contributed by atoms with van der Waals surface area (Å²) in [6.07, 6.45) is 0. The Kier molecular flexibility index (Phi) is 4.90. The summed E-state index contributed by atoms with van der Waals surface area (Å²) < 4.78 is 0. The highest BCUT2D eigenvalue weighted by atomic mass is 32.2. The number of carbonyl (C=O) groups is 2. The predicted molar refractivity (Wildman–Crippen MR) is 72.9 cm³/mol. The van der Waals surface area contributed by atoms with Gasteiger partial charge in [-0.2, -0.15) is 11.8 Å². The molecule has 0 aromatic heterocycles. The highest BCUT2D eigenvalue weighted by molar-refractivity contribution is 8.00. The van der Waals surface area contributed by atoms with Crippen LogP contribution in [-0.2, 0) is 4.79 Å². The topological polar surface area (TPSA) is 69.6 Å². The minimum atomic E-state index is -0.933. The zero-order chi connectivity index (χ0) is 13.9. The average Bonchev–Trinajstić information content (AvgIpc) is 2.24. The Morgan fingerprint density at radius 3 is 2.28 bits per heavy atom. The molecule has 0 aromatic rings. The summed E-state index contributed by atoms with van der Waals surface area (Å²) in [7, 11) is 0. The van der Waals surface area contributed by atoms with Gasteiger partial charge in [0.25, 0.3) is 0 Å². The van der Waals surface area contributed by atoms with Crippen molar-refractivity contribution in [2.45, 2.75) is 38.2 Å². The van der Waals surface area contributed by atoms with Gasteiger partial charge < -0.3 is 15.3 Å². The van der Waals surface area contributed by atoms with E-state index in [9.17, 15) is 9.59 Å². The van der Waals surface area contributed by atoms with E-state index in [-0.39, 0.29) is 12.6 Å². The second-order valence-electron chi connectivity index (χ2n) is 5.51. The molecular formula is C12H22N2O3S. The summed E-state index contributed by atoms with van der Waals surface area (Å²) in [6.45, 7) is 8.99. The summed E-state index contributed by atoms with van der Waals surface area (Å²) in [4.78, 5) is 24.7. The Hall–Kier alpha value is -0.910. The smallest absolute Gasteiger partial charge is 0.317 e. The van der Waals surface area contributed by atoms with Crippen molar-refractivity contribution in [2.24, 2.45) is 5.41 Å². The van der Waals surface area contributed by atoms with Crippen LogP contribution in [0.15, 0.2) is 0 Å². The van der Waals surface area contributed by atoms with Crippen molar-refractivity contribution in [1.29, 1.82) is 0 Å². The van der Waals surface area contributed by atoms with Crippen molar-refractivity contribution in [3.05, 3.63) is 0 Å². The molecule has 1 rings (SSSR count). The molecule has 0 bridgehead atoms. The maximum absolute atomic E-state index is 12.0. The third-order valence-electron chi connectivity index (χ3n) is 2.97. The molecule has 1 aliphatic rings. The van der Waals surface area contributed by atoms with Crippen LogP contribution in [0.1, 0.15) is 27.7 Å². The van der Waals surface area contributed by atoms with Crippen molar-refractivity contribution < 1.29 is 14.7 Å². The minimum absolute atomic E-state index is 0.146. The van der Waals surface area contributed by atoms with Crippen molar-refractivity contribution in [3.63, 3.8) is 0 Å². The van der Waals surface area contributed by atoms with Crippen LogP contribution in [0.25, 0.3) is 0 Å². The second-order valence-corrected chi connectivity index (χ2v) is 7.39. The molecule has 0 spiro atoms. The Morgan fingerprint density at radius 2 is 1.83 bits per heavy atom. The maximum atomic E-state index is 12.0. The van der Waals surface area contributed by atoms with Gasteiger partial charge in [0, 0.05) is 30.1 Å². The number of thioether (sulfide) groups is 1. The van der Waals surface area contributed by atoms with Gasteiger partial charge in [-0.25, -0.2) is 4.79 Å². The summed E-state index contributed by atoms with van der Waals surface area (Å²) >= 11 is 1.88. The van der Waals surface area contributed by atoms with E-state index in [4.69, 9.17) is 5.11 Å². The van der Waals surface area contributed by atoms with Crippen LogP contribution in [-0.4, -0.2) is 52.1 Å². The molecule has 104 valence electrons. The largest absolute Gasteiger partial charge is 0.481 e. The number of nitrogens with one attached hydrogen (secondary N) is 1. The fourth-order valence-corrected chi connectivity index (χ4v) is 3.15. The lowest BCUT2D eigenvalue weighted by atomic mass is 9.94. The molecule has 1 heterocycles. The Bertz CT molecular complexity index is 323. The molecular weight excluding hydrogens is 252 g/mol. The number of carboxylic acids is 1. The number of amides is 2. The molecule has 0 aromatic carbocycles. The molecule has 0 saturated carbocycles. The van der Waals surface area contributed by atoms with Gasteiger partial charge in [0.15, 0.2) is 0 Å². The van der Waals surface area contributed by atoms with E-state index in [1.54, 1.807) is 18.7 Å². The molecule has 2 N–H and O–H groups in total. The summed E-state index contributed by atoms with van der Waals surface area (Å²) in [5, 5.41) is 12.5. The molecule has 0 aliphatic carbocycles. The summed E-state index contributed by atoms with van der Waals surface area (Å²) in [6, 6.07) is -0.164. The lowest BCUT2D eigenvalue weighted by Gasteiger charge is -2.35. The van der Waals surface area contributed by atoms with Gasteiger partial charge >= 0.3 is 12.0 Å². The van der Waals surface area contributed by atoms with E-state index in [2.05, 4.69) is 19.2 Å². The highest BCUT2D eigenvalue weighted by Gasteiger charge is 2.30. The van der Waals surface area contributed by atoms with E-state index in [0.29, 0.717) is 23.6 Å². The molecule has 1 saturated heterocycles. The van der Waals surface area contributed by atoms with Crippen LogP contribution in [0.2, 0.25) is 0 Å². The molecule has 5 nitrogen and oxygen atoms in total. The number of carbonyl (C=O) groups excluding carboxylic acids is 1. The van der Waals surface area contributed by atoms with Gasteiger partial charge in [-0.15, -0.1) is 0 Å². The lowest BCUT2D eigenvalue weighted by molar-refractivity contribution is -0.146. The van der Waals surface area contributed by atoms with E-state index in [1.165, 1.54) is 0 Å². The molecule has 0 radical (unpaired) electrons. The summed E-state index contributed by atoms with van der Waals surface area (Å²) in [5.41, 5.74) is -0.933. The van der Waals surface area contributed by atoms with Crippen LogP contribution < -0.4 is 5.32 Å². The van der Waals surface area contributed by atoms with Crippen LogP contribution in [0.3, 0.4) is 0 Å². The molecule has 1 fully saturated rings. The van der Waals surface area contributed by atoms with Crippen LogP contribution in [0.5, 0.6) is 0 Å². The SMILES string of the molecule is CC1CN(C(=O)NCC(C)(C)C(=O)O)CC(C)S1. The van der Waals surface area contributed by atoms with E-state index in [1.807, 2.05) is 11.8 Å². The molecule has 6 heteroatoms. The Labute approximate surface area is 112 Å². The standard InChI is InChI=1S/C12H22N2O3S/c1-8-5-14(6-9(2)18-8)11(17)13-7-12(3,4)10(15)16/h8-9H,5-7H2,1-4H3,(H,13,17)(H,15,16). The summed E-state index contributed by atoms with van der Waals surface area (Å²) in [5.74, 6) is -0.904. The highest BCUT2D eigenvalue weighted by Crippen LogP contribution is 2.24. The van der Waals surface area contributed by atoms with Gasteiger partial charge in [0.2, 0.25) is 0 Å². The zero-order valence-corrected chi connectivity index (χ0v) is 12.2.